The smallest absolute Gasteiger partial charge is 0.272 e. The van der Waals surface area contributed by atoms with E-state index in [0.717, 1.165) is 48.5 Å². The number of carbonyl (C=O) groups excluding carboxylic acids is 1. The Hall–Kier alpha value is -3.02. The van der Waals surface area contributed by atoms with Gasteiger partial charge in [0, 0.05) is 44.0 Å². The second-order valence-corrected chi connectivity index (χ2v) is 6.51. The maximum atomic E-state index is 12.9. The first-order valence-corrected chi connectivity index (χ1v) is 8.89. The fourth-order valence-electron chi connectivity index (χ4n) is 3.33. The molecule has 1 amide bonds. The molecule has 1 fully saturated rings. The molecule has 0 aliphatic carbocycles. The molecule has 3 heterocycles. The summed E-state index contributed by atoms with van der Waals surface area (Å²) in [6.45, 7) is 4.92. The van der Waals surface area contributed by atoms with E-state index in [4.69, 9.17) is 0 Å². The lowest BCUT2D eigenvalue weighted by molar-refractivity contribution is 0.0761. The van der Waals surface area contributed by atoms with E-state index in [2.05, 4.69) is 19.9 Å². The standard InChI is InChI=1S/C20H21N5O/c1-15-21-8-7-19(23-15)24-9-4-10-25(12-11-24)20(26)18-13-16-5-2-3-6-17(16)14-22-18/h2-3,5-8,13-14H,4,9-12H2,1H3. The van der Waals surface area contributed by atoms with Crippen LogP contribution in [0.4, 0.5) is 5.82 Å². The average molecular weight is 347 g/mol. The molecule has 0 spiro atoms. The van der Waals surface area contributed by atoms with E-state index in [-0.39, 0.29) is 5.91 Å². The average Bonchev–Trinajstić information content (AvgIpc) is 2.93. The van der Waals surface area contributed by atoms with Gasteiger partial charge in [0.15, 0.2) is 0 Å². The van der Waals surface area contributed by atoms with Crippen LogP contribution in [-0.2, 0) is 0 Å². The predicted octanol–water partition coefficient (Wildman–Crippen LogP) is 2.69. The summed E-state index contributed by atoms with van der Waals surface area (Å²) >= 11 is 0. The molecule has 2 aromatic heterocycles. The molecule has 132 valence electrons. The van der Waals surface area contributed by atoms with Crippen LogP contribution in [0.5, 0.6) is 0 Å². The summed E-state index contributed by atoms with van der Waals surface area (Å²) in [7, 11) is 0. The zero-order valence-electron chi connectivity index (χ0n) is 14.8. The lowest BCUT2D eigenvalue weighted by Gasteiger charge is -2.22. The number of benzene rings is 1. The Morgan fingerprint density at radius 1 is 1.00 bits per heavy atom. The van der Waals surface area contributed by atoms with E-state index in [1.54, 1.807) is 12.4 Å². The van der Waals surface area contributed by atoms with E-state index in [1.807, 2.05) is 48.2 Å². The lowest BCUT2D eigenvalue weighted by Crippen LogP contribution is -2.35. The molecular weight excluding hydrogens is 326 g/mol. The summed E-state index contributed by atoms with van der Waals surface area (Å²) in [4.78, 5) is 30.1. The number of rotatable bonds is 2. The number of anilines is 1. The third kappa shape index (κ3) is 3.35. The van der Waals surface area contributed by atoms with Crippen molar-refractivity contribution in [1.29, 1.82) is 0 Å². The van der Waals surface area contributed by atoms with Crippen LogP contribution in [0.15, 0.2) is 48.8 Å². The van der Waals surface area contributed by atoms with Gasteiger partial charge in [-0.15, -0.1) is 0 Å². The van der Waals surface area contributed by atoms with Crippen LogP contribution in [0.3, 0.4) is 0 Å². The number of carbonyl (C=O) groups is 1. The van der Waals surface area contributed by atoms with Gasteiger partial charge in [0.25, 0.3) is 5.91 Å². The molecule has 0 atom stereocenters. The molecule has 0 bridgehead atoms. The van der Waals surface area contributed by atoms with Crippen molar-refractivity contribution in [3.63, 3.8) is 0 Å². The van der Waals surface area contributed by atoms with Gasteiger partial charge in [-0.05, 0) is 30.9 Å². The van der Waals surface area contributed by atoms with Crippen molar-refractivity contribution in [2.75, 3.05) is 31.1 Å². The molecule has 1 aliphatic heterocycles. The first-order valence-electron chi connectivity index (χ1n) is 8.89. The lowest BCUT2D eigenvalue weighted by atomic mass is 10.1. The molecule has 0 N–H and O–H groups in total. The van der Waals surface area contributed by atoms with Gasteiger partial charge < -0.3 is 9.80 Å². The summed E-state index contributed by atoms with van der Waals surface area (Å²) in [5, 5.41) is 2.09. The van der Waals surface area contributed by atoms with Gasteiger partial charge in [-0.2, -0.15) is 0 Å². The summed E-state index contributed by atoms with van der Waals surface area (Å²) in [5.41, 5.74) is 0.509. The second-order valence-electron chi connectivity index (χ2n) is 6.51. The van der Waals surface area contributed by atoms with Gasteiger partial charge in [-0.1, -0.05) is 24.3 Å². The highest BCUT2D eigenvalue weighted by Gasteiger charge is 2.22. The quantitative estimate of drug-likeness (QED) is 0.713. The van der Waals surface area contributed by atoms with Crippen LogP contribution in [0.25, 0.3) is 10.8 Å². The Bertz CT molecular complexity index is 942. The van der Waals surface area contributed by atoms with Crippen molar-refractivity contribution in [3.05, 3.63) is 60.3 Å². The summed E-state index contributed by atoms with van der Waals surface area (Å²) in [6, 6.07) is 11.8. The Labute approximate surface area is 152 Å². The summed E-state index contributed by atoms with van der Waals surface area (Å²) in [6.07, 6.45) is 4.46. The second kappa shape index (κ2) is 7.07. The normalized spacial score (nSPS) is 15.1. The fourth-order valence-corrected chi connectivity index (χ4v) is 3.33. The number of pyridine rings is 1. The number of amides is 1. The van der Waals surface area contributed by atoms with Crippen LogP contribution in [0.2, 0.25) is 0 Å². The zero-order valence-corrected chi connectivity index (χ0v) is 14.8. The van der Waals surface area contributed by atoms with E-state index in [0.29, 0.717) is 12.2 Å². The van der Waals surface area contributed by atoms with Crippen LogP contribution in [-0.4, -0.2) is 51.9 Å². The molecule has 0 saturated carbocycles. The molecule has 0 unspecified atom stereocenters. The van der Waals surface area contributed by atoms with Gasteiger partial charge in [-0.3, -0.25) is 9.78 Å². The minimum atomic E-state index is -0.00327. The maximum absolute atomic E-state index is 12.9. The van der Waals surface area contributed by atoms with Gasteiger partial charge in [0.2, 0.25) is 0 Å². The van der Waals surface area contributed by atoms with Gasteiger partial charge in [0.1, 0.15) is 17.3 Å². The predicted molar refractivity (Wildman–Crippen MR) is 101 cm³/mol. The Balaban J connectivity index is 1.50. The largest absolute Gasteiger partial charge is 0.355 e. The monoisotopic (exact) mass is 347 g/mol. The number of hydrogen-bond donors (Lipinski definition) is 0. The highest BCUT2D eigenvalue weighted by Crippen LogP contribution is 2.17. The Morgan fingerprint density at radius 2 is 1.85 bits per heavy atom. The highest BCUT2D eigenvalue weighted by atomic mass is 16.2. The molecular formula is C20H21N5O. The molecule has 6 heteroatoms. The Morgan fingerprint density at radius 3 is 2.69 bits per heavy atom. The van der Waals surface area contributed by atoms with Crippen LogP contribution in [0.1, 0.15) is 22.7 Å². The SMILES string of the molecule is Cc1nccc(N2CCCN(C(=O)c3cc4ccccc4cn3)CC2)n1. The van der Waals surface area contributed by atoms with Crippen LogP contribution >= 0.6 is 0 Å². The van der Waals surface area contributed by atoms with Crippen molar-refractivity contribution in [2.24, 2.45) is 0 Å². The molecule has 1 aromatic carbocycles. The number of aryl methyl sites for hydroxylation is 1. The summed E-state index contributed by atoms with van der Waals surface area (Å²) < 4.78 is 0. The molecule has 4 rings (SSSR count). The molecule has 1 aliphatic rings. The van der Waals surface area contributed by atoms with E-state index < -0.39 is 0 Å². The van der Waals surface area contributed by atoms with E-state index in [1.165, 1.54) is 0 Å². The van der Waals surface area contributed by atoms with Crippen molar-refractivity contribution < 1.29 is 4.79 Å². The molecule has 6 nitrogen and oxygen atoms in total. The first-order chi connectivity index (χ1) is 12.7. The van der Waals surface area contributed by atoms with Gasteiger partial charge in [-0.25, -0.2) is 9.97 Å². The fraction of sp³-hybridized carbons (Fsp3) is 0.300. The maximum Gasteiger partial charge on any atom is 0.272 e. The summed E-state index contributed by atoms with van der Waals surface area (Å²) in [5.74, 6) is 1.69. The third-order valence-corrected chi connectivity index (χ3v) is 4.72. The third-order valence-electron chi connectivity index (χ3n) is 4.72. The number of hydrogen-bond acceptors (Lipinski definition) is 5. The van der Waals surface area contributed by atoms with Gasteiger partial charge in [0.05, 0.1) is 0 Å². The van der Waals surface area contributed by atoms with Crippen molar-refractivity contribution in [2.45, 2.75) is 13.3 Å². The molecule has 3 aromatic rings. The van der Waals surface area contributed by atoms with Crippen molar-refractivity contribution >= 4 is 22.5 Å². The zero-order chi connectivity index (χ0) is 17.9. The van der Waals surface area contributed by atoms with E-state index in [9.17, 15) is 4.79 Å². The highest BCUT2D eigenvalue weighted by molar-refractivity contribution is 5.96. The molecule has 1 saturated heterocycles. The first kappa shape index (κ1) is 16.4. The number of fused-ring (bicyclic) bond motifs is 1. The molecule has 26 heavy (non-hydrogen) atoms. The number of aromatic nitrogens is 3. The van der Waals surface area contributed by atoms with E-state index >= 15 is 0 Å². The minimum Gasteiger partial charge on any atom is -0.355 e. The van der Waals surface area contributed by atoms with Crippen molar-refractivity contribution in [1.82, 2.24) is 19.9 Å². The molecule has 0 radical (unpaired) electrons. The van der Waals surface area contributed by atoms with Crippen LogP contribution in [0, 0.1) is 6.92 Å². The topological polar surface area (TPSA) is 62.2 Å². The Kier molecular flexibility index (Phi) is 4.48. The number of nitrogens with zero attached hydrogens (tertiary/aromatic N) is 5. The minimum absolute atomic E-state index is 0.00327. The van der Waals surface area contributed by atoms with Crippen molar-refractivity contribution in [3.8, 4) is 0 Å². The van der Waals surface area contributed by atoms with Crippen LogP contribution < -0.4 is 4.90 Å². The van der Waals surface area contributed by atoms with Gasteiger partial charge >= 0.3 is 0 Å².